The molecule has 1 aromatic rings. The summed E-state index contributed by atoms with van der Waals surface area (Å²) in [6, 6.07) is 6.56. The van der Waals surface area contributed by atoms with Crippen LogP contribution < -0.4 is 5.32 Å². The quantitative estimate of drug-likeness (QED) is 0.349. The molecule has 6 nitrogen and oxygen atoms in total. The Labute approximate surface area is 196 Å². The third kappa shape index (κ3) is 7.08. The zero-order valence-corrected chi connectivity index (χ0v) is 20.5. The van der Waals surface area contributed by atoms with Crippen LogP contribution in [0.3, 0.4) is 0 Å². The molecule has 1 N–H and O–H groups in total. The van der Waals surface area contributed by atoms with Crippen LogP contribution >= 0.6 is 24.0 Å². The Balaban J connectivity index is 0.00000320. The SMILES string of the molecule is CN=C(NCCN1CCN(C(=O)C2CCCC2)CC1)N(C)Cc1ccc(F)cc1.I. The van der Waals surface area contributed by atoms with E-state index in [9.17, 15) is 9.18 Å². The number of aliphatic imine (C=N–C) groups is 1. The zero-order valence-electron chi connectivity index (χ0n) is 18.1. The number of hydrogen-bond acceptors (Lipinski definition) is 3. The first-order valence-corrected chi connectivity index (χ1v) is 10.7. The Morgan fingerprint density at radius 1 is 1.17 bits per heavy atom. The third-order valence-corrected chi connectivity index (χ3v) is 6.01. The van der Waals surface area contributed by atoms with Gasteiger partial charge in [0.25, 0.3) is 0 Å². The molecular weight excluding hydrogens is 496 g/mol. The summed E-state index contributed by atoms with van der Waals surface area (Å²) in [4.78, 5) is 23.4. The lowest BCUT2D eigenvalue weighted by Gasteiger charge is -2.36. The highest BCUT2D eigenvalue weighted by Crippen LogP contribution is 2.26. The minimum atomic E-state index is -0.219. The smallest absolute Gasteiger partial charge is 0.225 e. The van der Waals surface area contributed by atoms with Gasteiger partial charge in [-0.15, -0.1) is 24.0 Å². The molecule has 2 aliphatic rings. The molecule has 0 unspecified atom stereocenters. The molecule has 0 atom stereocenters. The number of nitrogens with zero attached hydrogens (tertiary/aromatic N) is 4. The Morgan fingerprint density at radius 3 is 2.40 bits per heavy atom. The van der Waals surface area contributed by atoms with Crippen LogP contribution in [-0.2, 0) is 11.3 Å². The molecule has 8 heteroatoms. The minimum Gasteiger partial charge on any atom is -0.355 e. The fourth-order valence-corrected chi connectivity index (χ4v) is 4.27. The molecule has 0 aromatic heterocycles. The number of hydrogen-bond donors (Lipinski definition) is 1. The topological polar surface area (TPSA) is 51.2 Å². The van der Waals surface area contributed by atoms with Crippen LogP contribution in [0.5, 0.6) is 0 Å². The Morgan fingerprint density at radius 2 is 1.80 bits per heavy atom. The molecule has 168 valence electrons. The van der Waals surface area contributed by atoms with Crippen molar-refractivity contribution in [3.63, 3.8) is 0 Å². The fraction of sp³-hybridized carbons (Fsp3) is 0.636. The van der Waals surface area contributed by atoms with Gasteiger partial charge in [-0.3, -0.25) is 14.7 Å². The molecule has 0 spiro atoms. The van der Waals surface area contributed by atoms with Gasteiger partial charge in [0.15, 0.2) is 5.96 Å². The number of benzene rings is 1. The lowest BCUT2D eigenvalue weighted by Crippen LogP contribution is -2.51. The summed E-state index contributed by atoms with van der Waals surface area (Å²) in [5, 5.41) is 3.41. The minimum absolute atomic E-state index is 0. The van der Waals surface area contributed by atoms with Crippen molar-refractivity contribution in [2.45, 2.75) is 32.2 Å². The van der Waals surface area contributed by atoms with Crippen molar-refractivity contribution >= 4 is 35.8 Å². The predicted octanol–water partition coefficient (Wildman–Crippen LogP) is 2.79. The lowest BCUT2D eigenvalue weighted by molar-refractivity contribution is -0.137. The molecule has 1 saturated carbocycles. The number of piperazine rings is 1. The summed E-state index contributed by atoms with van der Waals surface area (Å²) < 4.78 is 13.1. The largest absolute Gasteiger partial charge is 0.355 e. The molecule has 0 bridgehead atoms. The van der Waals surface area contributed by atoms with Gasteiger partial charge in [0.1, 0.15) is 5.82 Å². The van der Waals surface area contributed by atoms with Gasteiger partial charge >= 0.3 is 0 Å². The number of halogens is 2. The van der Waals surface area contributed by atoms with E-state index in [0.717, 1.165) is 63.6 Å². The number of nitrogens with one attached hydrogen (secondary N) is 1. The Kier molecular flexibility index (Phi) is 10.3. The number of carbonyl (C=O) groups excluding carboxylic acids is 1. The molecule has 2 fully saturated rings. The second kappa shape index (κ2) is 12.4. The second-order valence-corrected chi connectivity index (χ2v) is 8.10. The number of amides is 1. The highest BCUT2D eigenvalue weighted by Gasteiger charge is 2.29. The van der Waals surface area contributed by atoms with Crippen LogP contribution in [0.2, 0.25) is 0 Å². The first-order valence-electron chi connectivity index (χ1n) is 10.7. The normalized spacial score (nSPS) is 18.2. The Bertz CT molecular complexity index is 685. The van der Waals surface area contributed by atoms with Gasteiger partial charge in [-0.25, -0.2) is 4.39 Å². The summed E-state index contributed by atoms with van der Waals surface area (Å²) >= 11 is 0. The van der Waals surface area contributed by atoms with Gasteiger partial charge in [0.2, 0.25) is 5.91 Å². The van der Waals surface area contributed by atoms with Crippen LogP contribution in [0, 0.1) is 11.7 Å². The van der Waals surface area contributed by atoms with Crippen LogP contribution in [0.25, 0.3) is 0 Å². The van der Waals surface area contributed by atoms with Crippen molar-refractivity contribution in [1.82, 2.24) is 20.0 Å². The van der Waals surface area contributed by atoms with Crippen molar-refractivity contribution in [2.24, 2.45) is 10.9 Å². The van der Waals surface area contributed by atoms with E-state index in [-0.39, 0.29) is 35.7 Å². The maximum Gasteiger partial charge on any atom is 0.225 e. The van der Waals surface area contributed by atoms with Crippen molar-refractivity contribution in [1.29, 1.82) is 0 Å². The van der Waals surface area contributed by atoms with E-state index in [4.69, 9.17) is 0 Å². The molecule has 0 radical (unpaired) electrons. The monoisotopic (exact) mass is 531 g/mol. The van der Waals surface area contributed by atoms with E-state index < -0.39 is 0 Å². The highest BCUT2D eigenvalue weighted by atomic mass is 127. The van der Waals surface area contributed by atoms with E-state index in [1.165, 1.54) is 25.0 Å². The van der Waals surface area contributed by atoms with Crippen molar-refractivity contribution < 1.29 is 9.18 Å². The average Bonchev–Trinajstić information content (AvgIpc) is 3.27. The van der Waals surface area contributed by atoms with Gasteiger partial charge in [-0.2, -0.15) is 0 Å². The first-order chi connectivity index (χ1) is 14.1. The number of carbonyl (C=O) groups is 1. The standard InChI is InChI=1S/C22H34FN5O.HI/c1-24-22(26(2)17-18-7-9-20(23)10-8-18)25-11-12-27-13-15-28(16-14-27)21(29)19-5-3-4-6-19;/h7-10,19H,3-6,11-17H2,1-2H3,(H,24,25);1H. The molecule has 1 saturated heterocycles. The van der Waals surface area contributed by atoms with Crippen molar-refractivity contribution in [3.8, 4) is 0 Å². The molecule has 1 aromatic carbocycles. The van der Waals surface area contributed by atoms with Gasteiger partial charge in [-0.05, 0) is 30.5 Å². The molecule has 1 aliphatic carbocycles. The lowest BCUT2D eigenvalue weighted by atomic mass is 10.1. The summed E-state index contributed by atoms with van der Waals surface area (Å²) in [5.74, 6) is 1.26. The Hall–Kier alpha value is -1.42. The number of rotatable bonds is 6. The second-order valence-electron chi connectivity index (χ2n) is 8.10. The number of guanidine groups is 1. The fourth-order valence-electron chi connectivity index (χ4n) is 4.27. The van der Waals surface area contributed by atoms with Crippen molar-refractivity contribution in [3.05, 3.63) is 35.6 Å². The van der Waals surface area contributed by atoms with E-state index in [1.807, 2.05) is 11.9 Å². The zero-order chi connectivity index (χ0) is 20.6. The molecule has 30 heavy (non-hydrogen) atoms. The summed E-state index contributed by atoms with van der Waals surface area (Å²) in [7, 11) is 3.75. The van der Waals surface area contributed by atoms with Crippen LogP contribution in [0.15, 0.2) is 29.3 Å². The van der Waals surface area contributed by atoms with E-state index in [0.29, 0.717) is 12.5 Å². The highest BCUT2D eigenvalue weighted by molar-refractivity contribution is 14.0. The molecule has 1 aliphatic heterocycles. The van der Waals surface area contributed by atoms with Gasteiger partial charge in [0.05, 0.1) is 0 Å². The molecular formula is C22H35FIN5O. The first kappa shape index (κ1) is 24.8. The maximum atomic E-state index is 13.1. The van der Waals surface area contributed by atoms with Crippen LogP contribution in [0.1, 0.15) is 31.2 Å². The van der Waals surface area contributed by atoms with E-state index in [2.05, 4.69) is 20.1 Å². The summed E-state index contributed by atoms with van der Waals surface area (Å²) in [5.41, 5.74) is 1.04. The summed E-state index contributed by atoms with van der Waals surface area (Å²) in [6.07, 6.45) is 4.57. The third-order valence-electron chi connectivity index (χ3n) is 6.01. The van der Waals surface area contributed by atoms with Crippen LogP contribution in [-0.4, -0.2) is 79.9 Å². The van der Waals surface area contributed by atoms with Crippen LogP contribution in [0.4, 0.5) is 4.39 Å². The molecule has 1 heterocycles. The predicted molar refractivity (Wildman–Crippen MR) is 130 cm³/mol. The molecule has 3 rings (SSSR count). The van der Waals surface area contributed by atoms with Crippen molar-refractivity contribution in [2.75, 3.05) is 53.4 Å². The maximum absolute atomic E-state index is 13.1. The van der Waals surface area contributed by atoms with Gasteiger partial charge < -0.3 is 15.1 Å². The average molecular weight is 531 g/mol. The molecule has 1 amide bonds. The van der Waals surface area contributed by atoms with Gasteiger partial charge in [-0.1, -0.05) is 25.0 Å². The van der Waals surface area contributed by atoms with Gasteiger partial charge in [0, 0.05) is 65.8 Å². The van der Waals surface area contributed by atoms with E-state index in [1.54, 1.807) is 19.2 Å². The summed E-state index contributed by atoms with van der Waals surface area (Å²) in [6.45, 7) is 5.95. The van der Waals surface area contributed by atoms with E-state index >= 15 is 0 Å².